The van der Waals surface area contributed by atoms with Gasteiger partial charge in [-0.25, -0.2) is 4.39 Å². The number of piperazine rings is 1. The third-order valence-corrected chi connectivity index (χ3v) is 4.20. The number of nitrogens with zero attached hydrogens (tertiary/aromatic N) is 2. The first-order valence-corrected chi connectivity index (χ1v) is 7.98. The van der Waals surface area contributed by atoms with Crippen LogP contribution in [0.2, 0.25) is 5.02 Å². The van der Waals surface area contributed by atoms with Gasteiger partial charge in [0.2, 0.25) is 0 Å². The normalized spacial score (nSPS) is 15.1. The highest BCUT2D eigenvalue weighted by molar-refractivity contribution is 6.35. The highest BCUT2D eigenvalue weighted by Crippen LogP contribution is 2.16. The fraction of sp³-hybridized carbons (Fsp3) is 0.222. The molecule has 0 saturated carbocycles. The van der Waals surface area contributed by atoms with Crippen LogP contribution in [-0.2, 0) is 22.7 Å². The average Bonchev–Trinajstić information content (AvgIpc) is 2.56. The SMILES string of the molecule is O=C1C(=O)N(Cc2cccc(F)c2)CCN1Cc1ccc(Cl)cc1. The summed E-state index contributed by atoms with van der Waals surface area (Å²) in [6, 6.07) is 13.2. The molecule has 6 heteroatoms. The lowest BCUT2D eigenvalue weighted by molar-refractivity contribution is -0.156. The zero-order valence-corrected chi connectivity index (χ0v) is 13.7. The molecule has 2 aromatic carbocycles. The van der Waals surface area contributed by atoms with E-state index in [1.165, 1.54) is 21.9 Å². The summed E-state index contributed by atoms with van der Waals surface area (Å²) in [7, 11) is 0. The van der Waals surface area contributed by atoms with Gasteiger partial charge in [-0.1, -0.05) is 35.9 Å². The number of amides is 2. The first kappa shape index (κ1) is 16.5. The number of rotatable bonds is 4. The molecule has 2 amide bonds. The Hall–Kier alpha value is -2.40. The standard InChI is InChI=1S/C18H16ClFN2O2/c19-15-6-4-13(5-7-15)11-21-8-9-22(18(24)17(21)23)12-14-2-1-3-16(20)10-14/h1-7,10H,8-9,11-12H2. The van der Waals surface area contributed by atoms with E-state index in [0.717, 1.165) is 5.56 Å². The van der Waals surface area contributed by atoms with E-state index in [9.17, 15) is 14.0 Å². The van der Waals surface area contributed by atoms with E-state index in [4.69, 9.17) is 11.6 Å². The molecule has 1 heterocycles. The third-order valence-electron chi connectivity index (χ3n) is 3.95. The van der Waals surface area contributed by atoms with Gasteiger partial charge >= 0.3 is 11.8 Å². The fourth-order valence-electron chi connectivity index (χ4n) is 2.68. The first-order valence-electron chi connectivity index (χ1n) is 7.60. The number of hydrogen-bond acceptors (Lipinski definition) is 2. The molecule has 124 valence electrons. The Morgan fingerprint density at radius 1 is 0.875 bits per heavy atom. The van der Waals surface area contributed by atoms with E-state index in [1.807, 2.05) is 12.1 Å². The molecule has 0 atom stereocenters. The van der Waals surface area contributed by atoms with Crippen LogP contribution in [0.15, 0.2) is 48.5 Å². The van der Waals surface area contributed by atoms with E-state index in [-0.39, 0.29) is 12.4 Å². The van der Waals surface area contributed by atoms with Crippen molar-refractivity contribution in [3.05, 3.63) is 70.5 Å². The number of halogens is 2. The van der Waals surface area contributed by atoms with Gasteiger partial charge in [0.25, 0.3) is 0 Å². The van der Waals surface area contributed by atoms with Crippen molar-refractivity contribution in [3.8, 4) is 0 Å². The van der Waals surface area contributed by atoms with Crippen LogP contribution < -0.4 is 0 Å². The summed E-state index contributed by atoms with van der Waals surface area (Å²) in [5, 5.41) is 0.626. The summed E-state index contributed by atoms with van der Waals surface area (Å²) in [6.07, 6.45) is 0. The maximum Gasteiger partial charge on any atom is 0.312 e. The molecule has 0 aliphatic carbocycles. The molecule has 0 spiro atoms. The van der Waals surface area contributed by atoms with E-state index < -0.39 is 11.8 Å². The van der Waals surface area contributed by atoms with E-state index in [0.29, 0.717) is 30.2 Å². The van der Waals surface area contributed by atoms with Crippen LogP contribution in [0, 0.1) is 5.82 Å². The first-order chi connectivity index (χ1) is 11.5. The Balaban J connectivity index is 1.65. The van der Waals surface area contributed by atoms with Crippen LogP contribution in [0.5, 0.6) is 0 Å². The Kier molecular flexibility index (Phi) is 4.81. The predicted molar refractivity (Wildman–Crippen MR) is 88.7 cm³/mol. The zero-order valence-electron chi connectivity index (χ0n) is 12.9. The predicted octanol–water partition coefficient (Wildman–Crippen LogP) is 2.85. The van der Waals surface area contributed by atoms with Gasteiger partial charge < -0.3 is 9.80 Å². The second-order valence-corrected chi connectivity index (χ2v) is 6.15. The van der Waals surface area contributed by atoms with Crippen molar-refractivity contribution in [1.29, 1.82) is 0 Å². The molecule has 24 heavy (non-hydrogen) atoms. The van der Waals surface area contributed by atoms with Gasteiger partial charge in [-0.05, 0) is 35.4 Å². The van der Waals surface area contributed by atoms with E-state index >= 15 is 0 Å². The summed E-state index contributed by atoms with van der Waals surface area (Å²) >= 11 is 5.85. The van der Waals surface area contributed by atoms with E-state index in [2.05, 4.69) is 0 Å². The average molecular weight is 347 g/mol. The minimum atomic E-state index is -0.556. The van der Waals surface area contributed by atoms with Crippen LogP contribution in [0.3, 0.4) is 0 Å². The number of carbonyl (C=O) groups excluding carboxylic acids is 2. The smallest absolute Gasteiger partial charge is 0.312 e. The largest absolute Gasteiger partial charge is 0.328 e. The molecule has 0 radical (unpaired) electrons. The van der Waals surface area contributed by atoms with Crippen LogP contribution >= 0.6 is 11.6 Å². The lowest BCUT2D eigenvalue weighted by Crippen LogP contribution is -2.53. The molecule has 0 N–H and O–H groups in total. The van der Waals surface area contributed by atoms with Crippen molar-refractivity contribution in [1.82, 2.24) is 9.80 Å². The van der Waals surface area contributed by atoms with Crippen molar-refractivity contribution in [2.75, 3.05) is 13.1 Å². The van der Waals surface area contributed by atoms with Gasteiger partial charge in [-0.2, -0.15) is 0 Å². The van der Waals surface area contributed by atoms with Gasteiger partial charge in [0.15, 0.2) is 0 Å². The summed E-state index contributed by atoms with van der Waals surface area (Å²) in [4.78, 5) is 27.6. The van der Waals surface area contributed by atoms with Gasteiger partial charge in [-0.3, -0.25) is 9.59 Å². The quantitative estimate of drug-likeness (QED) is 0.799. The number of benzene rings is 2. The zero-order chi connectivity index (χ0) is 17.1. The maximum atomic E-state index is 13.2. The van der Waals surface area contributed by atoms with Crippen LogP contribution in [-0.4, -0.2) is 34.7 Å². The summed E-state index contributed by atoms with van der Waals surface area (Å²) in [5.74, 6) is -1.44. The number of carbonyl (C=O) groups is 2. The second-order valence-electron chi connectivity index (χ2n) is 5.71. The number of hydrogen-bond donors (Lipinski definition) is 0. The molecule has 2 aromatic rings. The van der Waals surface area contributed by atoms with Crippen molar-refractivity contribution in [2.24, 2.45) is 0 Å². The van der Waals surface area contributed by atoms with Gasteiger partial charge in [-0.15, -0.1) is 0 Å². The lowest BCUT2D eigenvalue weighted by Gasteiger charge is -2.33. The van der Waals surface area contributed by atoms with Crippen molar-refractivity contribution >= 4 is 23.4 Å². The molecule has 0 unspecified atom stereocenters. The lowest BCUT2D eigenvalue weighted by atomic mass is 10.1. The van der Waals surface area contributed by atoms with Crippen molar-refractivity contribution in [2.45, 2.75) is 13.1 Å². The molecule has 3 rings (SSSR count). The molecule has 1 fully saturated rings. The van der Waals surface area contributed by atoms with Crippen LogP contribution in [0.1, 0.15) is 11.1 Å². The summed E-state index contributed by atoms with van der Waals surface area (Å²) in [5.41, 5.74) is 1.58. The highest BCUT2D eigenvalue weighted by Gasteiger charge is 2.32. The van der Waals surface area contributed by atoms with Crippen LogP contribution in [0.4, 0.5) is 4.39 Å². The van der Waals surface area contributed by atoms with Crippen LogP contribution in [0.25, 0.3) is 0 Å². The van der Waals surface area contributed by atoms with Crippen molar-refractivity contribution < 1.29 is 14.0 Å². The topological polar surface area (TPSA) is 40.6 Å². The Morgan fingerprint density at radius 3 is 2.04 bits per heavy atom. The summed E-state index contributed by atoms with van der Waals surface area (Å²) < 4.78 is 13.2. The third kappa shape index (κ3) is 3.74. The van der Waals surface area contributed by atoms with Gasteiger partial charge in [0.05, 0.1) is 0 Å². The second kappa shape index (κ2) is 7.01. The molecule has 0 aromatic heterocycles. The molecular formula is C18H16ClFN2O2. The fourth-order valence-corrected chi connectivity index (χ4v) is 2.81. The Bertz CT molecular complexity index is 764. The molecule has 1 aliphatic heterocycles. The molecule has 0 bridgehead atoms. The Labute approximate surface area is 144 Å². The highest BCUT2D eigenvalue weighted by atomic mass is 35.5. The molecule has 1 aliphatic rings. The van der Waals surface area contributed by atoms with E-state index in [1.54, 1.807) is 24.3 Å². The summed E-state index contributed by atoms with van der Waals surface area (Å²) in [6.45, 7) is 1.48. The minimum absolute atomic E-state index is 0.233. The Morgan fingerprint density at radius 2 is 1.46 bits per heavy atom. The monoisotopic (exact) mass is 346 g/mol. The van der Waals surface area contributed by atoms with Crippen molar-refractivity contribution in [3.63, 3.8) is 0 Å². The van der Waals surface area contributed by atoms with Gasteiger partial charge in [0, 0.05) is 31.2 Å². The minimum Gasteiger partial charge on any atom is -0.328 e. The maximum absolute atomic E-state index is 13.2. The molecule has 4 nitrogen and oxygen atoms in total. The van der Waals surface area contributed by atoms with Gasteiger partial charge in [0.1, 0.15) is 5.82 Å². The molecule has 1 saturated heterocycles. The molecular weight excluding hydrogens is 331 g/mol.